The van der Waals surface area contributed by atoms with E-state index < -0.39 is 12.2 Å². The first-order valence-electron chi connectivity index (χ1n) is 8.30. The number of aliphatic hydroxyl groups is 2. The van der Waals surface area contributed by atoms with E-state index in [0.717, 1.165) is 10.0 Å². The summed E-state index contributed by atoms with van der Waals surface area (Å²) >= 11 is 3.34. The molecule has 0 aliphatic heterocycles. The largest absolute Gasteiger partial charge is 0.491 e. The Morgan fingerprint density at radius 2 is 1.88 bits per heavy atom. The number of hydrogen-bond acceptors (Lipinski definition) is 5. The van der Waals surface area contributed by atoms with Gasteiger partial charge in [0.2, 0.25) is 0 Å². The average Bonchev–Trinajstić information content (AvgIpc) is 2.65. The molecule has 0 aliphatic carbocycles. The highest BCUT2D eigenvalue weighted by atomic mass is 79.9. The van der Waals surface area contributed by atoms with Gasteiger partial charge in [0, 0.05) is 16.8 Å². The van der Waals surface area contributed by atoms with Gasteiger partial charge >= 0.3 is 6.09 Å². The highest BCUT2D eigenvalue weighted by Crippen LogP contribution is 2.27. The minimum absolute atomic E-state index is 0.00882. The Kier molecular flexibility index (Phi) is 8.40. The van der Waals surface area contributed by atoms with Crippen molar-refractivity contribution in [3.63, 3.8) is 0 Å². The van der Waals surface area contributed by atoms with Gasteiger partial charge in [-0.1, -0.05) is 28.1 Å². The van der Waals surface area contributed by atoms with Gasteiger partial charge in [-0.3, -0.25) is 5.32 Å². The van der Waals surface area contributed by atoms with Crippen LogP contribution in [0.15, 0.2) is 53.0 Å². The molecule has 3 N–H and O–H groups in total. The Bertz CT molecular complexity index is 693. The van der Waals surface area contributed by atoms with E-state index in [1.807, 2.05) is 18.2 Å². The van der Waals surface area contributed by atoms with Crippen LogP contribution in [0.2, 0.25) is 0 Å². The summed E-state index contributed by atoms with van der Waals surface area (Å²) in [5.41, 5.74) is 1.39. The van der Waals surface area contributed by atoms with Crippen LogP contribution in [0.25, 0.3) is 0 Å². The van der Waals surface area contributed by atoms with Crippen molar-refractivity contribution in [2.24, 2.45) is 0 Å². The molecule has 2 aromatic rings. The summed E-state index contributed by atoms with van der Waals surface area (Å²) in [7, 11) is 0. The molecule has 0 aliphatic rings. The van der Waals surface area contributed by atoms with Crippen molar-refractivity contribution in [1.29, 1.82) is 0 Å². The molecule has 2 aromatic carbocycles. The van der Waals surface area contributed by atoms with Gasteiger partial charge in [0.25, 0.3) is 0 Å². The number of aliphatic hydroxyl groups excluding tert-OH is 2. The van der Waals surface area contributed by atoms with Crippen LogP contribution in [-0.2, 0) is 4.74 Å². The van der Waals surface area contributed by atoms with Crippen LogP contribution in [0.1, 0.15) is 24.5 Å². The van der Waals surface area contributed by atoms with E-state index in [9.17, 15) is 4.79 Å². The molecule has 7 heteroatoms. The van der Waals surface area contributed by atoms with Crippen molar-refractivity contribution in [3.8, 4) is 5.75 Å². The van der Waals surface area contributed by atoms with Crippen LogP contribution < -0.4 is 10.1 Å². The molecule has 0 saturated heterocycles. The monoisotopic (exact) mass is 423 g/mol. The summed E-state index contributed by atoms with van der Waals surface area (Å²) in [6, 6.07) is 14.3. The van der Waals surface area contributed by atoms with Crippen molar-refractivity contribution in [2.75, 3.05) is 25.1 Å². The Hall–Kier alpha value is -2.09. The average molecular weight is 424 g/mol. The molecule has 0 bridgehead atoms. The van der Waals surface area contributed by atoms with Crippen LogP contribution >= 0.6 is 15.9 Å². The molecule has 0 heterocycles. The van der Waals surface area contributed by atoms with E-state index in [-0.39, 0.29) is 19.8 Å². The maximum atomic E-state index is 12.2. The lowest BCUT2D eigenvalue weighted by Crippen LogP contribution is -2.18. The van der Waals surface area contributed by atoms with Gasteiger partial charge in [-0.2, -0.15) is 0 Å². The van der Waals surface area contributed by atoms with Crippen molar-refractivity contribution >= 4 is 27.7 Å². The second kappa shape index (κ2) is 10.8. The molecule has 0 unspecified atom stereocenters. The van der Waals surface area contributed by atoms with Crippen LogP contribution in [0.4, 0.5) is 10.5 Å². The number of anilines is 1. The van der Waals surface area contributed by atoms with E-state index >= 15 is 0 Å². The number of halogens is 1. The first kappa shape index (κ1) is 20.2. The summed E-state index contributed by atoms with van der Waals surface area (Å²) < 4.78 is 11.9. The van der Waals surface area contributed by atoms with Crippen molar-refractivity contribution in [1.82, 2.24) is 0 Å². The van der Waals surface area contributed by atoms with Gasteiger partial charge in [-0.15, -0.1) is 0 Å². The van der Waals surface area contributed by atoms with E-state index in [1.54, 1.807) is 30.3 Å². The topological polar surface area (TPSA) is 88.0 Å². The first-order valence-corrected chi connectivity index (χ1v) is 9.09. The fraction of sp³-hybridized carbons (Fsp3) is 0.316. The third-order valence-electron chi connectivity index (χ3n) is 3.55. The maximum absolute atomic E-state index is 12.2. The second-order valence-corrected chi connectivity index (χ2v) is 6.45. The summed E-state index contributed by atoms with van der Waals surface area (Å²) in [6.45, 7) is 0.120. The Morgan fingerprint density at radius 1 is 1.12 bits per heavy atom. The molecular weight excluding hydrogens is 402 g/mol. The number of benzene rings is 2. The number of nitrogens with one attached hydrogen (secondary N) is 1. The standard InChI is InChI=1S/C19H22BrNO5/c20-15-6-8-16(9-7-15)21-19(24)26-18(5-2-10-22)14-3-1-4-17(13-14)25-12-11-23/h1,3-4,6-9,13,18,22-23H,2,5,10-12H2,(H,21,24)/t18-/m0/s1. The molecule has 2 rings (SSSR count). The third kappa shape index (κ3) is 6.67. The number of carbonyl (C=O) groups is 1. The van der Waals surface area contributed by atoms with Crippen molar-refractivity contribution < 1.29 is 24.5 Å². The fourth-order valence-corrected chi connectivity index (χ4v) is 2.61. The molecule has 6 nitrogen and oxygen atoms in total. The normalized spacial score (nSPS) is 11.7. The number of amides is 1. The fourth-order valence-electron chi connectivity index (χ4n) is 2.35. The van der Waals surface area contributed by atoms with Crippen LogP contribution in [0.3, 0.4) is 0 Å². The third-order valence-corrected chi connectivity index (χ3v) is 4.08. The van der Waals surface area contributed by atoms with E-state index in [4.69, 9.17) is 19.7 Å². The predicted molar refractivity (Wildman–Crippen MR) is 102 cm³/mol. The van der Waals surface area contributed by atoms with Crippen LogP contribution in [0, 0.1) is 0 Å². The summed E-state index contributed by atoms with van der Waals surface area (Å²) in [5.74, 6) is 0.586. The zero-order valence-electron chi connectivity index (χ0n) is 14.2. The lowest BCUT2D eigenvalue weighted by Gasteiger charge is -2.19. The smallest absolute Gasteiger partial charge is 0.412 e. The summed E-state index contributed by atoms with van der Waals surface area (Å²) in [5, 5.41) is 20.7. The predicted octanol–water partition coefficient (Wildman–Crippen LogP) is 3.88. The van der Waals surface area contributed by atoms with E-state index in [2.05, 4.69) is 21.2 Å². The van der Waals surface area contributed by atoms with Crippen molar-refractivity contribution in [3.05, 3.63) is 58.6 Å². The van der Waals surface area contributed by atoms with E-state index in [0.29, 0.717) is 24.3 Å². The Morgan fingerprint density at radius 3 is 2.58 bits per heavy atom. The molecular formula is C19H22BrNO5. The summed E-state index contributed by atoms with van der Waals surface area (Å²) in [6.07, 6.45) is -0.113. The van der Waals surface area contributed by atoms with E-state index in [1.165, 1.54) is 0 Å². The van der Waals surface area contributed by atoms with Gasteiger partial charge in [0.15, 0.2) is 0 Å². The quantitative estimate of drug-likeness (QED) is 0.569. The minimum atomic E-state index is -0.572. The molecule has 140 valence electrons. The zero-order chi connectivity index (χ0) is 18.8. The molecule has 0 saturated carbocycles. The Labute approximate surface area is 160 Å². The molecule has 0 fully saturated rings. The first-order chi connectivity index (χ1) is 12.6. The lowest BCUT2D eigenvalue weighted by molar-refractivity contribution is 0.0992. The minimum Gasteiger partial charge on any atom is -0.491 e. The van der Waals surface area contributed by atoms with Crippen LogP contribution in [0.5, 0.6) is 5.75 Å². The molecule has 0 spiro atoms. The molecule has 1 amide bonds. The second-order valence-electron chi connectivity index (χ2n) is 5.54. The SMILES string of the molecule is O=C(Nc1ccc(Br)cc1)O[C@@H](CCCO)c1cccc(OCCO)c1. The Balaban J connectivity index is 2.06. The van der Waals surface area contributed by atoms with Crippen LogP contribution in [-0.4, -0.2) is 36.1 Å². The van der Waals surface area contributed by atoms with Gasteiger partial charge < -0.3 is 19.7 Å². The molecule has 1 atom stereocenters. The molecule has 26 heavy (non-hydrogen) atoms. The van der Waals surface area contributed by atoms with Crippen molar-refractivity contribution in [2.45, 2.75) is 18.9 Å². The highest BCUT2D eigenvalue weighted by molar-refractivity contribution is 9.10. The van der Waals surface area contributed by atoms with Gasteiger partial charge in [0.1, 0.15) is 18.5 Å². The van der Waals surface area contributed by atoms with Gasteiger partial charge in [-0.25, -0.2) is 4.79 Å². The summed E-state index contributed by atoms with van der Waals surface area (Å²) in [4.78, 5) is 12.2. The lowest BCUT2D eigenvalue weighted by atomic mass is 10.0. The zero-order valence-corrected chi connectivity index (χ0v) is 15.8. The molecule has 0 radical (unpaired) electrons. The van der Waals surface area contributed by atoms with Gasteiger partial charge in [0.05, 0.1) is 6.61 Å². The molecule has 0 aromatic heterocycles. The number of carbonyl (C=O) groups excluding carboxylic acids is 1. The number of rotatable bonds is 9. The van der Waals surface area contributed by atoms with Gasteiger partial charge in [-0.05, 0) is 54.8 Å². The number of hydrogen-bond donors (Lipinski definition) is 3. The number of ether oxygens (including phenoxy) is 2. The maximum Gasteiger partial charge on any atom is 0.412 e. The highest BCUT2D eigenvalue weighted by Gasteiger charge is 2.17.